The molecule has 0 aromatic heterocycles. The molecule has 3 nitrogen and oxygen atoms in total. The Balaban J connectivity index is 2.96. The van der Waals surface area contributed by atoms with Gasteiger partial charge in [-0.1, -0.05) is 0 Å². The summed E-state index contributed by atoms with van der Waals surface area (Å²) in [5.41, 5.74) is 5.08. The Labute approximate surface area is 95.3 Å². The highest BCUT2D eigenvalue weighted by molar-refractivity contribution is 5.95. The number of amidine groups is 1. The van der Waals surface area contributed by atoms with Crippen molar-refractivity contribution in [2.75, 3.05) is 18.5 Å². The molecule has 0 amide bonds. The number of nitrogens with zero attached hydrogens (tertiary/aromatic N) is 1. The van der Waals surface area contributed by atoms with Crippen molar-refractivity contribution in [1.29, 1.82) is 5.41 Å². The van der Waals surface area contributed by atoms with Gasteiger partial charge in [-0.05, 0) is 18.2 Å². The summed E-state index contributed by atoms with van der Waals surface area (Å²) in [4.78, 5) is 0.749. The fraction of sp³-hybridized carbons (Fsp3) is 0.300. The van der Waals surface area contributed by atoms with Crippen LogP contribution in [0.4, 0.5) is 23.2 Å². The first kappa shape index (κ1) is 13.3. The van der Waals surface area contributed by atoms with Crippen LogP contribution in [0, 0.1) is 11.2 Å². The average molecular weight is 249 g/mol. The van der Waals surface area contributed by atoms with Gasteiger partial charge in [0.15, 0.2) is 0 Å². The van der Waals surface area contributed by atoms with E-state index in [9.17, 15) is 17.6 Å². The molecule has 94 valence electrons. The van der Waals surface area contributed by atoms with Gasteiger partial charge in [0.2, 0.25) is 0 Å². The molecule has 0 heterocycles. The summed E-state index contributed by atoms with van der Waals surface area (Å²) in [5.74, 6) is -1.18. The molecule has 0 unspecified atom stereocenters. The third-order valence-electron chi connectivity index (χ3n) is 2.09. The standard InChI is InChI=1S/C10H11F4N3/c1-17(5-10(12,13)14)8-3-2-6(9(15)16)4-7(8)11/h2-4H,5H2,1H3,(H3,15,16). The molecule has 1 aromatic carbocycles. The second-order valence-electron chi connectivity index (χ2n) is 3.55. The molecule has 0 radical (unpaired) electrons. The number of rotatable bonds is 3. The molecular formula is C10H11F4N3. The van der Waals surface area contributed by atoms with Gasteiger partial charge in [-0.2, -0.15) is 13.2 Å². The highest BCUT2D eigenvalue weighted by Crippen LogP contribution is 2.23. The fourth-order valence-corrected chi connectivity index (χ4v) is 1.34. The second kappa shape index (κ2) is 4.60. The predicted molar refractivity (Wildman–Crippen MR) is 56.7 cm³/mol. The summed E-state index contributed by atoms with van der Waals surface area (Å²) in [5, 5.41) is 7.07. The zero-order chi connectivity index (χ0) is 13.2. The average Bonchev–Trinajstić information content (AvgIpc) is 2.14. The molecule has 0 aliphatic rings. The lowest BCUT2D eigenvalue weighted by Gasteiger charge is -2.21. The van der Waals surface area contributed by atoms with E-state index in [1.54, 1.807) is 0 Å². The van der Waals surface area contributed by atoms with E-state index < -0.39 is 18.5 Å². The molecular weight excluding hydrogens is 238 g/mol. The number of nitrogen functional groups attached to an aromatic ring is 1. The minimum Gasteiger partial charge on any atom is -0.384 e. The smallest absolute Gasteiger partial charge is 0.384 e. The summed E-state index contributed by atoms with van der Waals surface area (Å²) in [6.07, 6.45) is -4.40. The van der Waals surface area contributed by atoms with Crippen LogP contribution in [0.1, 0.15) is 5.56 Å². The Morgan fingerprint density at radius 1 is 1.41 bits per heavy atom. The Hall–Kier alpha value is -1.79. The molecule has 0 saturated heterocycles. The van der Waals surface area contributed by atoms with Gasteiger partial charge in [-0.3, -0.25) is 5.41 Å². The minimum atomic E-state index is -4.40. The van der Waals surface area contributed by atoms with Gasteiger partial charge in [0.1, 0.15) is 18.2 Å². The number of nitrogens with one attached hydrogen (secondary N) is 1. The number of hydrogen-bond acceptors (Lipinski definition) is 2. The van der Waals surface area contributed by atoms with Crippen LogP contribution in [0.3, 0.4) is 0 Å². The first-order valence-corrected chi connectivity index (χ1v) is 4.62. The molecule has 0 fully saturated rings. The number of anilines is 1. The van der Waals surface area contributed by atoms with E-state index in [1.807, 2.05) is 0 Å². The quantitative estimate of drug-likeness (QED) is 0.489. The van der Waals surface area contributed by atoms with Crippen molar-refractivity contribution in [2.45, 2.75) is 6.18 Å². The van der Waals surface area contributed by atoms with Crippen molar-refractivity contribution in [1.82, 2.24) is 0 Å². The number of alkyl halides is 3. The zero-order valence-electron chi connectivity index (χ0n) is 8.98. The number of nitrogens with two attached hydrogens (primary N) is 1. The van der Waals surface area contributed by atoms with Crippen molar-refractivity contribution in [2.24, 2.45) is 5.73 Å². The summed E-state index contributed by atoms with van der Waals surface area (Å²) in [6, 6.07) is 3.40. The normalized spacial score (nSPS) is 11.4. The lowest BCUT2D eigenvalue weighted by Crippen LogP contribution is -2.31. The van der Waals surface area contributed by atoms with Crippen molar-refractivity contribution in [3.63, 3.8) is 0 Å². The molecule has 17 heavy (non-hydrogen) atoms. The molecule has 0 aliphatic carbocycles. The van der Waals surface area contributed by atoms with Crippen LogP contribution in [0.2, 0.25) is 0 Å². The van der Waals surface area contributed by atoms with Crippen molar-refractivity contribution in [3.05, 3.63) is 29.6 Å². The van der Waals surface area contributed by atoms with Crippen molar-refractivity contribution >= 4 is 11.5 Å². The maximum Gasteiger partial charge on any atom is 0.405 e. The third kappa shape index (κ3) is 3.61. The Bertz CT molecular complexity index is 428. The zero-order valence-corrected chi connectivity index (χ0v) is 8.98. The van der Waals surface area contributed by atoms with E-state index in [2.05, 4.69) is 0 Å². The van der Waals surface area contributed by atoms with Crippen LogP contribution in [-0.4, -0.2) is 25.6 Å². The molecule has 0 saturated carbocycles. The molecule has 0 bridgehead atoms. The molecule has 7 heteroatoms. The molecule has 0 spiro atoms. The molecule has 0 atom stereocenters. The van der Waals surface area contributed by atoms with Gasteiger partial charge >= 0.3 is 6.18 Å². The Morgan fingerprint density at radius 3 is 2.41 bits per heavy atom. The monoisotopic (exact) mass is 249 g/mol. The van der Waals surface area contributed by atoms with Crippen LogP contribution in [0.15, 0.2) is 18.2 Å². The van der Waals surface area contributed by atoms with E-state index in [1.165, 1.54) is 6.07 Å². The fourth-order valence-electron chi connectivity index (χ4n) is 1.34. The van der Waals surface area contributed by atoms with Crippen molar-refractivity contribution < 1.29 is 17.6 Å². The van der Waals surface area contributed by atoms with Gasteiger partial charge in [0.25, 0.3) is 0 Å². The van der Waals surface area contributed by atoms with Crippen LogP contribution >= 0.6 is 0 Å². The number of halogens is 4. The van der Waals surface area contributed by atoms with E-state index in [-0.39, 0.29) is 17.1 Å². The Kier molecular flexibility index (Phi) is 3.59. The second-order valence-corrected chi connectivity index (χ2v) is 3.55. The lowest BCUT2D eigenvalue weighted by atomic mass is 10.1. The molecule has 1 rings (SSSR count). The first-order chi connectivity index (χ1) is 7.70. The van der Waals surface area contributed by atoms with Crippen LogP contribution in [0.25, 0.3) is 0 Å². The van der Waals surface area contributed by atoms with Gasteiger partial charge in [-0.25, -0.2) is 4.39 Å². The SMILES string of the molecule is CN(CC(F)(F)F)c1ccc(C(=N)N)cc1F. The largest absolute Gasteiger partial charge is 0.405 e. The minimum absolute atomic E-state index is 0.131. The molecule has 1 aromatic rings. The van der Waals surface area contributed by atoms with E-state index in [4.69, 9.17) is 11.1 Å². The van der Waals surface area contributed by atoms with Gasteiger partial charge in [0.05, 0.1) is 5.69 Å². The van der Waals surface area contributed by atoms with E-state index in [0.717, 1.165) is 24.1 Å². The summed E-state index contributed by atoms with van der Waals surface area (Å²) < 4.78 is 49.8. The third-order valence-corrected chi connectivity index (χ3v) is 2.09. The number of hydrogen-bond donors (Lipinski definition) is 2. The topological polar surface area (TPSA) is 53.1 Å². The van der Waals surface area contributed by atoms with Gasteiger partial charge < -0.3 is 10.6 Å². The van der Waals surface area contributed by atoms with E-state index >= 15 is 0 Å². The van der Waals surface area contributed by atoms with Gasteiger partial charge in [-0.15, -0.1) is 0 Å². The highest BCUT2D eigenvalue weighted by atomic mass is 19.4. The van der Waals surface area contributed by atoms with Crippen molar-refractivity contribution in [3.8, 4) is 0 Å². The highest BCUT2D eigenvalue weighted by Gasteiger charge is 2.30. The summed E-state index contributed by atoms with van der Waals surface area (Å²) in [6.45, 7) is -1.25. The Morgan fingerprint density at radius 2 is 2.00 bits per heavy atom. The molecule has 3 N–H and O–H groups in total. The van der Waals surface area contributed by atoms with Crippen LogP contribution in [0.5, 0.6) is 0 Å². The van der Waals surface area contributed by atoms with Crippen LogP contribution in [-0.2, 0) is 0 Å². The van der Waals surface area contributed by atoms with E-state index in [0.29, 0.717) is 0 Å². The van der Waals surface area contributed by atoms with Gasteiger partial charge in [0, 0.05) is 12.6 Å². The maximum absolute atomic E-state index is 13.5. The summed E-state index contributed by atoms with van der Waals surface area (Å²) in [7, 11) is 1.14. The maximum atomic E-state index is 13.5. The molecule has 0 aliphatic heterocycles. The lowest BCUT2D eigenvalue weighted by molar-refractivity contribution is -0.119. The first-order valence-electron chi connectivity index (χ1n) is 4.62. The number of benzene rings is 1. The van der Waals surface area contributed by atoms with Crippen LogP contribution < -0.4 is 10.6 Å². The predicted octanol–water partition coefficient (Wildman–Crippen LogP) is 2.11. The summed E-state index contributed by atoms with van der Waals surface area (Å²) >= 11 is 0.